The van der Waals surface area contributed by atoms with Gasteiger partial charge in [0.05, 0.1) is 22.2 Å². The van der Waals surface area contributed by atoms with Crippen molar-refractivity contribution >= 4 is 21.9 Å². The lowest BCUT2D eigenvalue weighted by Crippen LogP contribution is -2.32. The van der Waals surface area contributed by atoms with Crippen LogP contribution in [0.1, 0.15) is 16.7 Å². The van der Waals surface area contributed by atoms with Crippen LogP contribution in [0.4, 0.5) is 0 Å². The van der Waals surface area contributed by atoms with Crippen LogP contribution < -0.4 is 10.0 Å². The SMILES string of the molecule is N#Cc1cccc(S(=O)(=O)NCc2cccc(C3=CN4N=CC=CC4N3)c2)c1. The molecule has 140 valence electrons. The van der Waals surface area contributed by atoms with Crippen LogP contribution in [0.3, 0.4) is 0 Å². The molecule has 2 aliphatic heterocycles. The molecule has 0 aliphatic carbocycles. The minimum atomic E-state index is -3.71. The molecule has 2 aliphatic rings. The van der Waals surface area contributed by atoms with Crippen LogP contribution in [0.15, 0.2) is 76.9 Å². The monoisotopic (exact) mass is 391 g/mol. The van der Waals surface area contributed by atoms with Gasteiger partial charge in [-0.2, -0.15) is 10.4 Å². The molecule has 2 heterocycles. The van der Waals surface area contributed by atoms with Gasteiger partial charge in [-0.05, 0) is 47.5 Å². The molecule has 0 aromatic heterocycles. The second-order valence-electron chi connectivity index (χ2n) is 6.33. The van der Waals surface area contributed by atoms with E-state index in [-0.39, 0.29) is 17.6 Å². The number of hydrazone groups is 1. The van der Waals surface area contributed by atoms with Gasteiger partial charge in [0.15, 0.2) is 0 Å². The van der Waals surface area contributed by atoms with Gasteiger partial charge in [0.1, 0.15) is 6.17 Å². The van der Waals surface area contributed by atoms with Crippen LogP contribution in [0.2, 0.25) is 0 Å². The number of nitriles is 1. The Morgan fingerprint density at radius 1 is 1.21 bits per heavy atom. The van der Waals surface area contributed by atoms with E-state index >= 15 is 0 Å². The van der Waals surface area contributed by atoms with Gasteiger partial charge in [0.2, 0.25) is 10.0 Å². The van der Waals surface area contributed by atoms with Crippen molar-refractivity contribution in [2.75, 3.05) is 0 Å². The molecule has 0 bridgehead atoms. The molecule has 1 atom stereocenters. The number of nitrogens with one attached hydrogen (secondary N) is 2. The van der Waals surface area contributed by atoms with E-state index in [4.69, 9.17) is 5.26 Å². The summed E-state index contributed by atoms with van der Waals surface area (Å²) in [5, 5.41) is 18.4. The summed E-state index contributed by atoms with van der Waals surface area (Å²) in [5.41, 5.74) is 2.99. The van der Waals surface area contributed by atoms with E-state index in [0.717, 1.165) is 16.8 Å². The summed E-state index contributed by atoms with van der Waals surface area (Å²) in [6, 6.07) is 15.5. The Hall–Kier alpha value is -3.41. The molecule has 8 heteroatoms. The Morgan fingerprint density at radius 2 is 2.07 bits per heavy atom. The largest absolute Gasteiger partial charge is 0.359 e. The highest BCUT2D eigenvalue weighted by molar-refractivity contribution is 7.89. The first-order chi connectivity index (χ1) is 13.5. The second-order valence-corrected chi connectivity index (χ2v) is 8.09. The van der Waals surface area contributed by atoms with Crippen molar-refractivity contribution in [3.8, 4) is 6.07 Å². The third-order valence-electron chi connectivity index (χ3n) is 4.41. The van der Waals surface area contributed by atoms with Gasteiger partial charge in [-0.3, -0.25) is 0 Å². The number of fused-ring (bicyclic) bond motifs is 1. The smallest absolute Gasteiger partial charge is 0.240 e. The van der Waals surface area contributed by atoms with Crippen LogP contribution in [0.5, 0.6) is 0 Å². The molecule has 0 saturated heterocycles. The van der Waals surface area contributed by atoms with Crippen molar-refractivity contribution in [2.24, 2.45) is 5.10 Å². The van der Waals surface area contributed by atoms with E-state index in [0.29, 0.717) is 5.56 Å². The summed E-state index contributed by atoms with van der Waals surface area (Å²) in [6.45, 7) is 0.144. The van der Waals surface area contributed by atoms with Crippen LogP contribution >= 0.6 is 0 Å². The fourth-order valence-corrected chi connectivity index (χ4v) is 4.05. The molecule has 7 nitrogen and oxygen atoms in total. The van der Waals surface area contributed by atoms with E-state index in [1.807, 2.05) is 53.7 Å². The molecule has 0 spiro atoms. The Labute approximate surface area is 163 Å². The molecule has 0 fully saturated rings. The summed E-state index contributed by atoms with van der Waals surface area (Å²) in [7, 11) is -3.71. The van der Waals surface area contributed by atoms with Crippen LogP contribution in [-0.4, -0.2) is 25.8 Å². The van der Waals surface area contributed by atoms with Crippen molar-refractivity contribution in [2.45, 2.75) is 17.6 Å². The molecule has 2 aromatic rings. The highest BCUT2D eigenvalue weighted by atomic mass is 32.2. The van der Waals surface area contributed by atoms with Gasteiger partial charge >= 0.3 is 0 Å². The summed E-state index contributed by atoms with van der Waals surface area (Å²) >= 11 is 0. The van der Waals surface area contributed by atoms with E-state index in [1.165, 1.54) is 12.1 Å². The molecule has 0 amide bonds. The zero-order valence-electron chi connectivity index (χ0n) is 14.8. The number of sulfonamides is 1. The maximum absolute atomic E-state index is 12.5. The number of nitrogens with zero attached hydrogens (tertiary/aromatic N) is 3. The first kappa shape index (κ1) is 18.0. The van der Waals surface area contributed by atoms with E-state index in [2.05, 4.69) is 15.1 Å². The molecule has 4 rings (SSSR count). The summed E-state index contributed by atoms with van der Waals surface area (Å²) in [6.07, 6.45) is 7.53. The summed E-state index contributed by atoms with van der Waals surface area (Å²) in [4.78, 5) is 0.0735. The van der Waals surface area contributed by atoms with Gasteiger partial charge in [0.25, 0.3) is 0 Å². The summed E-state index contributed by atoms with van der Waals surface area (Å²) < 4.78 is 27.6. The van der Waals surface area contributed by atoms with Crippen molar-refractivity contribution in [3.05, 3.63) is 83.6 Å². The number of benzene rings is 2. The molecule has 28 heavy (non-hydrogen) atoms. The highest BCUT2D eigenvalue weighted by Crippen LogP contribution is 2.23. The Bertz CT molecular complexity index is 1150. The first-order valence-electron chi connectivity index (χ1n) is 8.62. The van der Waals surface area contributed by atoms with Crippen molar-refractivity contribution in [1.82, 2.24) is 15.0 Å². The van der Waals surface area contributed by atoms with Gasteiger partial charge in [-0.25, -0.2) is 18.1 Å². The number of rotatable bonds is 5. The van der Waals surface area contributed by atoms with E-state index in [1.54, 1.807) is 18.3 Å². The topological polar surface area (TPSA) is 97.6 Å². The van der Waals surface area contributed by atoms with Crippen molar-refractivity contribution < 1.29 is 8.42 Å². The second kappa shape index (κ2) is 7.31. The predicted octanol–water partition coefficient (Wildman–Crippen LogP) is 2.12. The average Bonchev–Trinajstić information content (AvgIpc) is 3.17. The quantitative estimate of drug-likeness (QED) is 0.814. The molecule has 0 saturated carbocycles. The molecular weight excluding hydrogens is 374 g/mol. The Morgan fingerprint density at radius 3 is 2.89 bits per heavy atom. The molecule has 2 N–H and O–H groups in total. The fraction of sp³-hybridized carbons (Fsp3) is 0.100. The third-order valence-corrected chi connectivity index (χ3v) is 5.81. The Balaban J connectivity index is 1.49. The zero-order chi connectivity index (χ0) is 19.6. The predicted molar refractivity (Wildman–Crippen MR) is 106 cm³/mol. The van der Waals surface area contributed by atoms with Crippen LogP contribution in [0.25, 0.3) is 5.70 Å². The van der Waals surface area contributed by atoms with Gasteiger partial charge in [0, 0.05) is 19.0 Å². The summed E-state index contributed by atoms with van der Waals surface area (Å²) in [5.74, 6) is 0. The van der Waals surface area contributed by atoms with Crippen molar-refractivity contribution in [1.29, 1.82) is 5.26 Å². The lowest BCUT2D eigenvalue weighted by Gasteiger charge is -2.19. The van der Waals surface area contributed by atoms with Crippen molar-refractivity contribution in [3.63, 3.8) is 0 Å². The van der Waals surface area contributed by atoms with Gasteiger partial charge in [-0.1, -0.05) is 24.3 Å². The maximum Gasteiger partial charge on any atom is 0.240 e. The van der Waals surface area contributed by atoms with E-state index in [9.17, 15) is 8.42 Å². The Kier molecular flexibility index (Phi) is 4.69. The number of allylic oxidation sites excluding steroid dienone is 1. The number of hydrogen-bond donors (Lipinski definition) is 2. The molecule has 2 aromatic carbocycles. The third kappa shape index (κ3) is 3.67. The minimum Gasteiger partial charge on any atom is -0.359 e. The lowest BCUT2D eigenvalue weighted by atomic mass is 10.1. The van der Waals surface area contributed by atoms with Gasteiger partial charge < -0.3 is 5.32 Å². The van der Waals surface area contributed by atoms with Crippen LogP contribution in [-0.2, 0) is 16.6 Å². The average molecular weight is 391 g/mol. The minimum absolute atomic E-state index is 0.00503. The molecular formula is C20H17N5O2S. The van der Waals surface area contributed by atoms with Crippen LogP contribution in [0, 0.1) is 11.3 Å². The molecule has 0 radical (unpaired) electrons. The normalized spacial score (nSPS) is 17.6. The maximum atomic E-state index is 12.5. The molecule has 1 unspecified atom stereocenters. The first-order valence-corrected chi connectivity index (χ1v) is 10.1. The lowest BCUT2D eigenvalue weighted by molar-refractivity contribution is 0.341. The highest BCUT2D eigenvalue weighted by Gasteiger charge is 2.23. The van der Waals surface area contributed by atoms with Gasteiger partial charge in [-0.15, -0.1) is 0 Å². The van der Waals surface area contributed by atoms with E-state index < -0.39 is 10.0 Å². The number of hydrogen-bond acceptors (Lipinski definition) is 6. The zero-order valence-corrected chi connectivity index (χ0v) is 15.6. The standard InChI is InChI=1S/C20H17N5O2S/c21-12-15-4-2-7-18(11-15)28(26,27)23-13-16-5-1-6-17(10-16)19-14-25-20(24-19)8-3-9-22-25/h1-11,14,20,23-24H,13H2. The fourth-order valence-electron chi connectivity index (χ4n) is 2.99.